The van der Waals surface area contributed by atoms with Crippen LogP contribution in [0.15, 0.2) is 28.7 Å². The molecule has 0 bridgehead atoms. The molecule has 1 aromatic rings. The zero-order valence-electron chi connectivity index (χ0n) is 8.49. The number of benzene rings is 1. The van der Waals surface area contributed by atoms with Gasteiger partial charge in [-0.3, -0.25) is 4.90 Å². The van der Waals surface area contributed by atoms with Gasteiger partial charge >= 0.3 is 0 Å². The second kappa shape index (κ2) is 5.10. The van der Waals surface area contributed by atoms with E-state index in [1.165, 1.54) is 0 Å². The Morgan fingerprint density at radius 1 is 1.40 bits per heavy atom. The molecule has 3 heteroatoms. The van der Waals surface area contributed by atoms with Crippen molar-refractivity contribution in [2.24, 2.45) is 0 Å². The molecule has 2 radical (unpaired) electrons. The first-order chi connectivity index (χ1) is 7.29. The van der Waals surface area contributed by atoms with E-state index in [1.807, 2.05) is 24.3 Å². The summed E-state index contributed by atoms with van der Waals surface area (Å²) >= 11 is 3.40. The van der Waals surface area contributed by atoms with Crippen molar-refractivity contribution in [3.63, 3.8) is 0 Å². The quantitative estimate of drug-likeness (QED) is 0.909. The van der Waals surface area contributed by atoms with Crippen molar-refractivity contribution in [2.75, 3.05) is 13.2 Å². The van der Waals surface area contributed by atoms with Gasteiger partial charge in [-0.05, 0) is 37.1 Å². The Morgan fingerprint density at radius 2 is 2.13 bits per heavy atom. The van der Waals surface area contributed by atoms with E-state index in [1.54, 1.807) is 0 Å². The number of likely N-dealkylation sites (tertiary alicyclic amines) is 1. The third-order valence-corrected chi connectivity index (χ3v) is 3.23. The minimum Gasteiger partial charge on any atom is -0.395 e. The number of aliphatic hydroxyl groups excluding tert-OH is 1. The summed E-state index contributed by atoms with van der Waals surface area (Å²) in [4.78, 5) is 2.11. The van der Waals surface area contributed by atoms with Crippen LogP contribution in [0, 0.1) is 6.54 Å². The van der Waals surface area contributed by atoms with Crippen LogP contribution in [0.5, 0.6) is 0 Å². The standard InChI is InChI=1S/C12H14BrNO/c13-11-5-3-10(4-6-11)8-14-7-1-2-12(14)9-15/h3-6,12,15H,1-2,7,9H2/t12-/m0/s1. The molecule has 0 aliphatic carbocycles. The summed E-state index contributed by atoms with van der Waals surface area (Å²) in [6, 6.07) is 8.32. The number of hydrogen-bond acceptors (Lipinski definition) is 2. The highest BCUT2D eigenvalue weighted by atomic mass is 79.9. The van der Waals surface area contributed by atoms with E-state index < -0.39 is 0 Å². The summed E-state index contributed by atoms with van der Waals surface area (Å²) in [5, 5.41) is 9.17. The van der Waals surface area contributed by atoms with Gasteiger partial charge in [-0.1, -0.05) is 28.1 Å². The number of aliphatic hydroxyl groups is 1. The summed E-state index contributed by atoms with van der Waals surface area (Å²) in [5.41, 5.74) is 1.07. The Kier molecular flexibility index (Phi) is 3.78. The Labute approximate surface area is 99.0 Å². The van der Waals surface area contributed by atoms with Crippen LogP contribution in [0.2, 0.25) is 0 Å². The fourth-order valence-corrected chi connectivity index (χ4v) is 2.13. The Bertz CT molecular complexity index is 312. The van der Waals surface area contributed by atoms with Crippen LogP contribution in [0.4, 0.5) is 0 Å². The first-order valence-electron chi connectivity index (χ1n) is 5.19. The van der Waals surface area contributed by atoms with Gasteiger partial charge in [0.2, 0.25) is 0 Å². The van der Waals surface area contributed by atoms with Crippen LogP contribution in [0.1, 0.15) is 18.4 Å². The van der Waals surface area contributed by atoms with E-state index in [2.05, 4.69) is 27.4 Å². The minimum atomic E-state index is 0.226. The van der Waals surface area contributed by atoms with Crippen LogP contribution in [-0.2, 0) is 0 Å². The number of rotatable bonds is 3. The van der Waals surface area contributed by atoms with E-state index in [0.29, 0.717) is 0 Å². The van der Waals surface area contributed by atoms with Gasteiger partial charge in [-0.15, -0.1) is 0 Å². The fourth-order valence-electron chi connectivity index (χ4n) is 1.86. The van der Waals surface area contributed by atoms with Crippen molar-refractivity contribution in [1.82, 2.24) is 4.90 Å². The van der Waals surface area contributed by atoms with Crippen molar-refractivity contribution in [1.29, 1.82) is 0 Å². The normalized spacial score (nSPS) is 22.1. The molecule has 1 saturated heterocycles. The van der Waals surface area contributed by atoms with Crippen molar-refractivity contribution in [3.05, 3.63) is 40.8 Å². The first-order valence-corrected chi connectivity index (χ1v) is 5.98. The summed E-state index contributed by atoms with van der Waals surface area (Å²) in [7, 11) is 0. The minimum absolute atomic E-state index is 0.226. The largest absolute Gasteiger partial charge is 0.395 e. The van der Waals surface area contributed by atoms with Gasteiger partial charge < -0.3 is 5.11 Å². The molecule has 2 nitrogen and oxygen atoms in total. The van der Waals surface area contributed by atoms with Gasteiger partial charge in [0.05, 0.1) is 13.2 Å². The van der Waals surface area contributed by atoms with Gasteiger partial charge in [-0.2, -0.15) is 0 Å². The smallest absolute Gasteiger partial charge is 0.0966 e. The third kappa shape index (κ3) is 2.80. The molecule has 80 valence electrons. The maximum Gasteiger partial charge on any atom is 0.0966 e. The molecule has 1 heterocycles. The number of nitrogens with zero attached hydrogens (tertiary/aromatic N) is 1. The van der Waals surface area contributed by atoms with Gasteiger partial charge in [0.15, 0.2) is 0 Å². The lowest BCUT2D eigenvalue weighted by Gasteiger charge is -2.21. The monoisotopic (exact) mass is 267 g/mol. The zero-order chi connectivity index (χ0) is 10.7. The highest BCUT2D eigenvalue weighted by molar-refractivity contribution is 9.10. The van der Waals surface area contributed by atoms with Gasteiger partial charge in [0, 0.05) is 10.5 Å². The molecule has 2 rings (SSSR count). The van der Waals surface area contributed by atoms with Gasteiger partial charge in [0.1, 0.15) is 0 Å². The molecule has 15 heavy (non-hydrogen) atoms. The lowest BCUT2D eigenvalue weighted by atomic mass is 10.2. The molecule has 1 N–H and O–H groups in total. The summed E-state index contributed by atoms with van der Waals surface area (Å²) in [5.74, 6) is 0. The Morgan fingerprint density at radius 3 is 2.80 bits per heavy atom. The second-order valence-corrected chi connectivity index (χ2v) is 4.71. The van der Waals surface area contributed by atoms with Crippen LogP contribution in [-0.4, -0.2) is 29.2 Å². The predicted octanol–water partition coefficient (Wildman–Crippen LogP) is 2.29. The highest BCUT2D eigenvalue weighted by Gasteiger charge is 2.24. The zero-order valence-corrected chi connectivity index (χ0v) is 10.1. The lowest BCUT2D eigenvalue weighted by molar-refractivity contribution is 0.186. The van der Waals surface area contributed by atoms with Gasteiger partial charge in [0.25, 0.3) is 0 Å². The molecule has 0 unspecified atom stereocenters. The molecule has 1 aliphatic rings. The van der Waals surface area contributed by atoms with Gasteiger partial charge in [-0.25, -0.2) is 0 Å². The topological polar surface area (TPSA) is 23.5 Å². The molecule has 0 saturated carbocycles. The van der Waals surface area contributed by atoms with Crippen molar-refractivity contribution in [2.45, 2.75) is 18.9 Å². The summed E-state index contributed by atoms with van der Waals surface area (Å²) in [6.45, 7) is 4.55. The van der Waals surface area contributed by atoms with Crippen LogP contribution in [0.3, 0.4) is 0 Å². The molecule has 1 fully saturated rings. The Hall–Kier alpha value is -0.380. The molecular weight excluding hydrogens is 254 g/mol. The maximum absolute atomic E-state index is 9.17. The maximum atomic E-state index is 9.17. The highest BCUT2D eigenvalue weighted by Crippen LogP contribution is 2.21. The number of hydrogen-bond donors (Lipinski definition) is 1. The summed E-state index contributed by atoms with van der Waals surface area (Å²) in [6.07, 6.45) is 2.22. The van der Waals surface area contributed by atoms with E-state index >= 15 is 0 Å². The molecule has 1 aromatic carbocycles. The van der Waals surface area contributed by atoms with Crippen molar-refractivity contribution >= 4 is 15.9 Å². The molecule has 1 atom stereocenters. The molecule has 0 aromatic heterocycles. The SMILES string of the molecule is OC[C@@H]1CCCN1[C]c1ccc(Br)cc1. The van der Waals surface area contributed by atoms with Crippen LogP contribution in [0.25, 0.3) is 0 Å². The van der Waals surface area contributed by atoms with Crippen LogP contribution >= 0.6 is 15.9 Å². The first kappa shape index (κ1) is 11.1. The molecule has 0 amide bonds. The number of halogens is 1. The van der Waals surface area contributed by atoms with E-state index in [9.17, 15) is 0 Å². The summed E-state index contributed by atoms with van der Waals surface area (Å²) < 4.78 is 1.08. The van der Waals surface area contributed by atoms with Crippen LogP contribution < -0.4 is 0 Å². The average molecular weight is 268 g/mol. The second-order valence-electron chi connectivity index (χ2n) is 3.79. The molecule has 0 spiro atoms. The third-order valence-electron chi connectivity index (χ3n) is 2.70. The van der Waals surface area contributed by atoms with E-state index in [0.717, 1.165) is 29.4 Å². The fraction of sp³-hybridized carbons (Fsp3) is 0.417. The molecule has 1 aliphatic heterocycles. The van der Waals surface area contributed by atoms with Crippen molar-refractivity contribution < 1.29 is 5.11 Å². The van der Waals surface area contributed by atoms with E-state index in [-0.39, 0.29) is 12.6 Å². The molecular formula is C12H14BrNO. The Balaban J connectivity index is 1.99. The van der Waals surface area contributed by atoms with E-state index in [4.69, 9.17) is 5.11 Å². The predicted molar refractivity (Wildman–Crippen MR) is 63.3 cm³/mol. The lowest BCUT2D eigenvalue weighted by Crippen LogP contribution is -2.30. The average Bonchev–Trinajstić information content (AvgIpc) is 2.69. The van der Waals surface area contributed by atoms with Crippen molar-refractivity contribution in [3.8, 4) is 0 Å².